The maximum absolute atomic E-state index is 5.86. The molecule has 0 unspecified atom stereocenters. The van der Waals surface area contributed by atoms with E-state index in [1.165, 1.54) is 27.5 Å². The first-order valence-corrected chi connectivity index (χ1v) is 10.5. The highest BCUT2D eigenvalue weighted by Gasteiger charge is 2.15. The van der Waals surface area contributed by atoms with Crippen LogP contribution in [-0.2, 0) is 0 Å². The molecule has 2 nitrogen and oxygen atoms in total. The summed E-state index contributed by atoms with van der Waals surface area (Å²) < 4.78 is 5.86. The molecule has 0 saturated carbocycles. The fraction of sp³-hybridized carbons (Fsp3) is 0.0345. The van der Waals surface area contributed by atoms with Crippen molar-refractivity contribution >= 4 is 39.0 Å². The molecule has 0 saturated heterocycles. The number of aryl methyl sites for hydroxylation is 1. The van der Waals surface area contributed by atoms with Crippen LogP contribution < -0.4 is 4.90 Å². The molecule has 4 aromatic carbocycles. The Bertz CT molecular complexity index is 1440. The van der Waals surface area contributed by atoms with Crippen LogP contribution in [0.1, 0.15) is 5.56 Å². The van der Waals surface area contributed by atoms with Crippen LogP contribution in [0.15, 0.2) is 114 Å². The van der Waals surface area contributed by atoms with Gasteiger partial charge in [0.15, 0.2) is 0 Å². The van der Waals surface area contributed by atoms with Crippen LogP contribution in [0, 0.1) is 6.92 Å². The van der Waals surface area contributed by atoms with Crippen LogP contribution in [0.3, 0.4) is 0 Å². The molecule has 2 bridgehead atoms. The van der Waals surface area contributed by atoms with Crippen molar-refractivity contribution in [3.63, 3.8) is 0 Å². The molecule has 31 heavy (non-hydrogen) atoms. The smallest absolute Gasteiger partial charge is 0.135 e. The topological polar surface area (TPSA) is 16.4 Å². The second-order valence-electron chi connectivity index (χ2n) is 7.93. The maximum atomic E-state index is 5.86. The summed E-state index contributed by atoms with van der Waals surface area (Å²) in [6, 6.07) is 38.5. The summed E-state index contributed by atoms with van der Waals surface area (Å²) in [5.74, 6) is 0. The van der Waals surface area contributed by atoms with Gasteiger partial charge < -0.3 is 9.32 Å². The Morgan fingerprint density at radius 3 is 1.87 bits per heavy atom. The third kappa shape index (κ3) is 2.96. The summed E-state index contributed by atoms with van der Waals surface area (Å²) >= 11 is 0. The number of hydrogen-bond acceptors (Lipinski definition) is 2. The van der Waals surface area contributed by atoms with Gasteiger partial charge in [0.25, 0.3) is 0 Å². The molecule has 2 aromatic heterocycles. The molecule has 6 aromatic rings. The first-order chi connectivity index (χ1) is 15.3. The second-order valence-corrected chi connectivity index (χ2v) is 7.93. The van der Waals surface area contributed by atoms with Crippen LogP contribution in [-0.4, -0.2) is 0 Å². The lowest BCUT2D eigenvalue weighted by molar-refractivity contribution is 0.679. The zero-order chi connectivity index (χ0) is 20.8. The van der Waals surface area contributed by atoms with Crippen LogP contribution in [0.4, 0.5) is 17.1 Å². The van der Waals surface area contributed by atoms with Gasteiger partial charge in [-0.3, -0.25) is 0 Å². The fourth-order valence-electron chi connectivity index (χ4n) is 4.42. The lowest BCUT2D eigenvalue weighted by Gasteiger charge is -2.26. The molecule has 0 amide bonds. The van der Waals surface area contributed by atoms with E-state index in [9.17, 15) is 0 Å². The molecule has 0 radical (unpaired) electrons. The number of nitrogens with zero attached hydrogens (tertiary/aromatic N) is 1. The Balaban J connectivity index is 1.52. The van der Waals surface area contributed by atoms with Crippen LogP contribution in [0.2, 0.25) is 0 Å². The van der Waals surface area contributed by atoms with Crippen molar-refractivity contribution in [1.82, 2.24) is 0 Å². The lowest BCUT2D eigenvalue weighted by atomic mass is 9.97. The van der Waals surface area contributed by atoms with Gasteiger partial charge in [0.1, 0.15) is 11.2 Å². The molecule has 0 N–H and O–H groups in total. The highest BCUT2D eigenvalue weighted by Crippen LogP contribution is 2.39. The molecule has 6 rings (SSSR count). The van der Waals surface area contributed by atoms with Crippen molar-refractivity contribution in [3.05, 3.63) is 115 Å². The van der Waals surface area contributed by atoms with Gasteiger partial charge in [0.2, 0.25) is 0 Å². The van der Waals surface area contributed by atoms with E-state index in [0.29, 0.717) is 0 Å². The number of hydrogen-bond donors (Lipinski definition) is 0. The number of rotatable bonds is 4. The molecule has 148 valence electrons. The van der Waals surface area contributed by atoms with Crippen molar-refractivity contribution < 1.29 is 4.42 Å². The summed E-state index contributed by atoms with van der Waals surface area (Å²) in [5, 5.41) is 2.37. The Morgan fingerprint density at radius 2 is 1.19 bits per heavy atom. The zero-order valence-corrected chi connectivity index (χ0v) is 17.2. The Labute approximate surface area is 181 Å². The molecular weight excluding hydrogens is 378 g/mol. The largest absolute Gasteiger partial charge is 0.456 e. The number of anilines is 3. The van der Waals surface area contributed by atoms with Crippen LogP contribution >= 0.6 is 0 Å². The van der Waals surface area contributed by atoms with Crippen LogP contribution in [0.5, 0.6) is 0 Å². The maximum Gasteiger partial charge on any atom is 0.135 e. The lowest BCUT2D eigenvalue weighted by Crippen LogP contribution is -2.09. The molecule has 2 heteroatoms. The van der Waals surface area contributed by atoms with Gasteiger partial charge in [0, 0.05) is 27.8 Å². The average molecular weight is 399 g/mol. The predicted molar refractivity (Wildman–Crippen MR) is 130 cm³/mol. The van der Waals surface area contributed by atoms with E-state index in [1.54, 1.807) is 0 Å². The van der Waals surface area contributed by atoms with E-state index in [0.717, 1.165) is 28.2 Å². The van der Waals surface area contributed by atoms with E-state index in [4.69, 9.17) is 4.42 Å². The summed E-state index contributed by atoms with van der Waals surface area (Å²) in [4.78, 5) is 2.30. The van der Waals surface area contributed by atoms with Gasteiger partial charge in [-0.25, -0.2) is 0 Å². The van der Waals surface area contributed by atoms with Crippen LogP contribution in [0.25, 0.3) is 33.1 Å². The highest BCUT2D eigenvalue weighted by atomic mass is 16.3. The SMILES string of the molecule is Cc1ccc(N(c2ccccc2)c2ccccc2)cc1-c1ccc2c3ccc(o3)c2c1. The normalized spacial score (nSPS) is 11.4. The molecule has 0 aliphatic carbocycles. The molecule has 0 aliphatic heterocycles. The van der Waals surface area contributed by atoms with E-state index in [1.807, 2.05) is 6.07 Å². The van der Waals surface area contributed by atoms with Crippen molar-refractivity contribution in [2.45, 2.75) is 6.92 Å². The number of furan rings is 2. The highest BCUT2D eigenvalue weighted by molar-refractivity contribution is 6.08. The van der Waals surface area contributed by atoms with Crippen molar-refractivity contribution in [3.8, 4) is 11.1 Å². The third-order valence-electron chi connectivity index (χ3n) is 5.98. The molecule has 0 spiro atoms. The summed E-state index contributed by atoms with van der Waals surface area (Å²) in [7, 11) is 0. The fourth-order valence-corrected chi connectivity index (χ4v) is 4.42. The van der Waals surface area contributed by atoms with Gasteiger partial charge in [-0.15, -0.1) is 0 Å². The van der Waals surface area contributed by atoms with Crippen molar-refractivity contribution in [1.29, 1.82) is 0 Å². The van der Waals surface area contributed by atoms with Crippen molar-refractivity contribution in [2.24, 2.45) is 0 Å². The number of benzene rings is 5. The van der Waals surface area contributed by atoms with E-state index in [-0.39, 0.29) is 0 Å². The first kappa shape index (κ1) is 17.8. The summed E-state index contributed by atoms with van der Waals surface area (Å²) in [6.45, 7) is 2.17. The molecular formula is C29H21NO. The zero-order valence-electron chi connectivity index (χ0n) is 17.2. The summed E-state index contributed by atoms with van der Waals surface area (Å²) in [5.41, 5.74) is 9.02. The first-order valence-electron chi connectivity index (χ1n) is 10.5. The van der Waals surface area contributed by atoms with E-state index < -0.39 is 0 Å². The molecule has 2 heterocycles. The van der Waals surface area contributed by atoms with Gasteiger partial charge in [-0.05, 0) is 84.3 Å². The van der Waals surface area contributed by atoms with Gasteiger partial charge >= 0.3 is 0 Å². The molecule has 0 aliphatic rings. The van der Waals surface area contributed by atoms with E-state index in [2.05, 4.69) is 115 Å². The minimum absolute atomic E-state index is 0.954. The van der Waals surface area contributed by atoms with E-state index >= 15 is 0 Å². The minimum Gasteiger partial charge on any atom is -0.456 e. The Kier molecular flexibility index (Phi) is 4.03. The Morgan fingerprint density at radius 1 is 0.548 bits per heavy atom. The molecule has 0 atom stereocenters. The number of para-hydroxylation sites is 2. The quantitative estimate of drug-likeness (QED) is 0.295. The monoisotopic (exact) mass is 399 g/mol. The average Bonchev–Trinajstić information content (AvgIpc) is 3.44. The van der Waals surface area contributed by atoms with Crippen molar-refractivity contribution in [2.75, 3.05) is 4.90 Å². The molecule has 0 fully saturated rings. The van der Waals surface area contributed by atoms with Gasteiger partial charge in [-0.2, -0.15) is 0 Å². The standard InChI is InChI=1S/C29H21NO/c1-20-12-14-24(30(22-8-4-2-5-9-22)23-10-6-3-7-11-23)19-26(20)21-13-15-25-27(18-21)29-17-16-28(25)31-29/h2-19H,1H3. The van der Waals surface area contributed by atoms with Gasteiger partial charge in [-0.1, -0.05) is 48.5 Å². The van der Waals surface area contributed by atoms with Gasteiger partial charge in [0.05, 0.1) is 0 Å². The Hall–Kier alpha value is -4.04. The third-order valence-corrected chi connectivity index (χ3v) is 5.98. The predicted octanol–water partition coefficient (Wildman–Crippen LogP) is 8.47. The minimum atomic E-state index is 0.954. The summed E-state index contributed by atoms with van der Waals surface area (Å²) in [6.07, 6.45) is 0. The second kappa shape index (κ2) is 7.03. The number of fused-ring (bicyclic) bond motifs is 5.